The number of ether oxygens (including phenoxy) is 1. The Balaban J connectivity index is 2.32. The first-order valence-corrected chi connectivity index (χ1v) is 5.80. The zero-order chi connectivity index (χ0) is 13.8. The van der Waals surface area contributed by atoms with Crippen LogP contribution in [-0.4, -0.2) is 23.6 Å². The number of alkyl carbamates (subject to hydrolysis) is 1. The molecule has 5 radical (unpaired) electrons. The van der Waals surface area contributed by atoms with Crippen molar-refractivity contribution in [1.82, 2.24) is 10.6 Å². The molecule has 0 aliphatic heterocycles. The van der Waals surface area contributed by atoms with Crippen LogP contribution in [-0.2, 0) is 9.53 Å². The molecule has 2 N–H and O–H groups in total. The number of hydrogen-bond donors (Lipinski definition) is 2. The summed E-state index contributed by atoms with van der Waals surface area (Å²) in [5, 5.41) is 5.16. The van der Waals surface area contributed by atoms with Crippen LogP contribution < -0.4 is 10.6 Å². The van der Waals surface area contributed by atoms with E-state index in [0.29, 0.717) is 6.04 Å². The van der Waals surface area contributed by atoms with E-state index in [2.05, 4.69) is 10.6 Å². The van der Waals surface area contributed by atoms with Gasteiger partial charge in [0.1, 0.15) is 11.6 Å². The zero-order valence-corrected chi connectivity index (χ0v) is 11.1. The normalized spacial score (nSPS) is 18.2. The number of carbonyl (C=O) groups is 2. The van der Waals surface area contributed by atoms with E-state index in [1.165, 1.54) is 0 Å². The molecule has 0 unspecified atom stereocenters. The van der Waals surface area contributed by atoms with Crippen LogP contribution in [0.4, 0.5) is 4.79 Å². The first kappa shape index (κ1) is 14.8. The van der Waals surface area contributed by atoms with Crippen molar-refractivity contribution in [2.24, 2.45) is 0 Å². The molecule has 0 saturated heterocycles. The predicted molar refractivity (Wildman–Crippen MR) is 67.4 cm³/mol. The molecule has 1 aliphatic rings. The summed E-state index contributed by atoms with van der Waals surface area (Å²) >= 11 is 0. The fourth-order valence-electron chi connectivity index (χ4n) is 1.26. The summed E-state index contributed by atoms with van der Waals surface area (Å²) in [4.78, 5) is 23.2. The molecule has 0 aromatic carbocycles. The van der Waals surface area contributed by atoms with Crippen LogP contribution in [0.1, 0.15) is 27.7 Å². The van der Waals surface area contributed by atoms with Crippen molar-refractivity contribution in [2.45, 2.75) is 39.3 Å². The fraction of sp³-hybridized carbons (Fsp3) is 0.462. The largest absolute Gasteiger partial charge is 0.444 e. The Bertz CT molecular complexity index is 304. The van der Waals surface area contributed by atoms with Gasteiger partial charge in [-0.15, -0.1) is 0 Å². The lowest BCUT2D eigenvalue weighted by Gasteiger charge is -2.22. The van der Waals surface area contributed by atoms with Crippen molar-refractivity contribution in [3.63, 3.8) is 0 Å². The molecular formula is C13H19N2O3. The van der Waals surface area contributed by atoms with Crippen molar-refractivity contribution >= 4 is 12.0 Å². The van der Waals surface area contributed by atoms with E-state index >= 15 is 0 Å². The van der Waals surface area contributed by atoms with Crippen molar-refractivity contribution in [3.8, 4) is 0 Å². The van der Waals surface area contributed by atoms with Crippen molar-refractivity contribution in [1.29, 1.82) is 0 Å². The molecule has 5 nitrogen and oxygen atoms in total. The van der Waals surface area contributed by atoms with Crippen molar-refractivity contribution in [3.05, 3.63) is 31.7 Å². The monoisotopic (exact) mass is 251 g/mol. The summed E-state index contributed by atoms with van der Waals surface area (Å²) in [7, 11) is 0. The Morgan fingerprint density at radius 2 is 1.78 bits per heavy atom. The molecule has 0 aromatic rings. The maximum atomic E-state index is 11.7. The van der Waals surface area contributed by atoms with Crippen LogP contribution in [0.25, 0.3) is 0 Å². The standard InChI is InChI=1S/C13H19N2O3/c1-9(14-12(17)18-13(2,3)4)11(16)15-10-7-5-6-8-10/h5-9H,1-4H3,(H,14,17)(H,15,16)/t9-/m0/s1. The van der Waals surface area contributed by atoms with Crippen LogP contribution in [0.15, 0.2) is 0 Å². The van der Waals surface area contributed by atoms with E-state index in [0.717, 1.165) is 0 Å². The Morgan fingerprint density at radius 1 is 1.22 bits per heavy atom. The summed E-state index contributed by atoms with van der Waals surface area (Å²) in [6.45, 7) is 6.89. The molecule has 5 heteroatoms. The number of hydrogen-bond acceptors (Lipinski definition) is 3. The van der Waals surface area contributed by atoms with Gasteiger partial charge in [0, 0.05) is 0 Å². The Hall–Kier alpha value is -1.26. The van der Waals surface area contributed by atoms with Crippen LogP contribution in [0.3, 0.4) is 0 Å². The second-order valence-corrected chi connectivity index (χ2v) is 5.03. The molecule has 0 aromatic heterocycles. The SMILES string of the molecule is C[C@H](NC(=O)OC(C)(C)C)C(=O)N[C]1[CH][CH][CH][CH]1. The minimum atomic E-state index is -0.658. The van der Waals surface area contributed by atoms with Crippen LogP contribution in [0.2, 0.25) is 0 Å². The van der Waals surface area contributed by atoms with E-state index in [1.807, 2.05) is 12.8 Å². The maximum Gasteiger partial charge on any atom is 0.408 e. The van der Waals surface area contributed by atoms with Gasteiger partial charge in [-0.25, -0.2) is 4.79 Å². The molecule has 1 aliphatic carbocycles. The van der Waals surface area contributed by atoms with E-state index in [9.17, 15) is 9.59 Å². The number of carbonyl (C=O) groups excluding carboxylic acids is 2. The second-order valence-electron chi connectivity index (χ2n) is 5.03. The van der Waals surface area contributed by atoms with E-state index in [-0.39, 0.29) is 5.91 Å². The third kappa shape index (κ3) is 5.38. The molecule has 2 amide bonds. The maximum absolute atomic E-state index is 11.7. The average Bonchev–Trinajstić information content (AvgIpc) is 2.66. The first-order valence-electron chi connectivity index (χ1n) is 5.80. The molecule has 0 bridgehead atoms. The lowest BCUT2D eigenvalue weighted by atomic mass is 10.2. The Morgan fingerprint density at radius 3 is 2.28 bits per heavy atom. The average molecular weight is 251 g/mol. The van der Waals surface area contributed by atoms with Crippen LogP contribution in [0.5, 0.6) is 0 Å². The van der Waals surface area contributed by atoms with Gasteiger partial charge in [-0.2, -0.15) is 0 Å². The van der Waals surface area contributed by atoms with Gasteiger partial charge in [-0.05, 0) is 53.4 Å². The summed E-state index contributed by atoms with van der Waals surface area (Å²) in [6.07, 6.45) is 6.59. The van der Waals surface area contributed by atoms with Gasteiger partial charge in [-0.1, -0.05) is 0 Å². The van der Waals surface area contributed by atoms with E-state index in [1.54, 1.807) is 40.5 Å². The minimum absolute atomic E-state index is 0.285. The quantitative estimate of drug-likeness (QED) is 0.796. The smallest absolute Gasteiger partial charge is 0.408 e. The molecule has 1 atom stereocenters. The van der Waals surface area contributed by atoms with Gasteiger partial charge < -0.3 is 15.4 Å². The number of amides is 2. The highest BCUT2D eigenvalue weighted by Crippen LogP contribution is 2.19. The molecule has 99 valence electrons. The van der Waals surface area contributed by atoms with Crippen LogP contribution >= 0.6 is 0 Å². The molecule has 1 fully saturated rings. The number of nitrogens with one attached hydrogen (secondary N) is 2. The topological polar surface area (TPSA) is 67.4 Å². The predicted octanol–water partition coefficient (Wildman–Crippen LogP) is 1.38. The van der Waals surface area contributed by atoms with E-state index in [4.69, 9.17) is 4.74 Å². The summed E-state index contributed by atoms with van der Waals surface area (Å²) in [5.74, 6) is -0.285. The van der Waals surface area contributed by atoms with Crippen molar-refractivity contribution in [2.75, 3.05) is 0 Å². The van der Waals surface area contributed by atoms with Gasteiger partial charge in [-0.3, -0.25) is 4.79 Å². The Kier molecular flexibility index (Phi) is 4.99. The van der Waals surface area contributed by atoms with E-state index < -0.39 is 17.7 Å². The van der Waals surface area contributed by atoms with Crippen molar-refractivity contribution < 1.29 is 14.3 Å². The van der Waals surface area contributed by atoms with Gasteiger partial charge in [0.15, 0.2) is 0 Å². The fourth-order valence-corrected chi connectivity index (χ4v) is 1.26. The zero-order valence-electron chi connectivity index (χ0n) is 11.1. The Labute approximate surface area is 109 Å². The molecule has 18 heavy (non-hydrogen) atoms. The minimum Gasteiger partial charge on any atom is -0.444 e. The molecule has 0 heterocycles. The first-order chi connectivity index (χ1) is 8.28. The lowest BCUT2D eigenvalue weighted by molar-refractivity contribution is -0.122. The van der Waals surface area contributed by atoms with Gasteiger partial charge in [0.25, 0.3) is 0 Å². The highest BCUT2D eigenvalue weighted by Gasteiger charge is 2.24. The molecule has 1 saturated carbocycles. The van der Waals surface area contributed by atoms with Crippen LogP contribution in [0, 0.1) is 31.7 Å². The number of rotatable bonds is 3. The molecule has 1 rings (SSSR count). The second kappa shape index (κ2) is 6.07. The molecule has 0 spiro atoms. The highest BCUT2D eigenvalue weighted by molar-refractivity contribution is 5.86. The summed E-state index contributed by atoms with van der Waals surface area (Å²) in [6, 6.07) is 0.0487. The highest BCUT2D eigenvalue weighted by atomic mass is 16.6. The summed E-state index contributed by atoms with van der Waals surface area (Å²) < 4.78 is 5.06. The third-order valence-corrected chi connectivity index (χ3v) is 2.06. The third-order valence-electron chi connectivity index (χ3n) is 2.06. The molecular weight excluding hydrogens is 232 g/mol. The van der Waals surface area contributed by atoms with Gasteiger partial charge in [0.2, 0.25) is 5.91 Å². The lowest BCUT2D eigenvalue weighted by Crippen LogP contribution is -2.47. The summed E-state index contributed by atoms with van der Waals surface area (Å²) in [5.41, 5.74) is -0.577. The van der Waals surface area contributed by atoms with Gasteiger partial charge >= 0.3 is 6.09 Å². The van der Waals surface area contributed by atoms with Gasteiger partial charge in [0.05, 0.1) is 6.04 Å².